The first-order chi connectivity index (χ1) is 9.60. The maximum absolute atomic E-state index is 12.6. The molecule has 108 valence electrons. The lowest BCUT2D eigenvalue weighted by molar-refractivity contribution is -0.0886. The molecule has 3 nitrogen and oxygen atoms in total. The molecule has 20 heavy (non-hydrogen) atoms. The lowest BCUT2D eigenvalue weighted by Crippen LogP contribution is -2.54. The van der Waals surface area contributed by atoms with E-state index in [1.54, 1.807) is 12.1 Å². The first kappa shape index (κ1) is 13.9. The van der Waals surface area contributed by atoms with Crippen LogP contribution in [0, 0.1) is 5.92 Å². The molecular weight excluding hydrogens is 274 g/mol. The summed E-state index contributed by atoms with van der Waals surface area (Å²) in [5.74, 6) is 0.208. The molecule has 0 aromatic heterocycles. The number of piperidine rings is 1. The van der Waals surface area contributed by atoms with Crippen LogP contribution in [0.4, 0.5) is 0 Å². The first-order valence-corrected chi connectivity index (χ1v) is 7.74. The Morgan fingerprint density at radius 1 is 1.30 bits per heavy atom. The zero-order valence-corrected chi connectivity index (χ0v) is 12.3. The number of rotatable bonds is 1. The Morgan fingerprint density at radius 3 is 2.90 bits per heavy atom. The average Bonchev–Trinajstić information content (AvgIpc) is 2.46. The van der Waals surface area contributed by atoms with Gasteiger partial charge in [0.05, 0.1) is 16.2 Å². The molecule has 1 aliphatic carbocycles. The van der Waals surface area contributed by atoms with Gasteiger partial charge in [-0.3, -0.25) is 4.79 Å². The lowest BCUT2D eigenvalue weighted by atomic mass is 9.71. The molecule has 0 unspecified atom stereocenters. The van der Waals surface area contributed by atoms with E-state index in [0.717, 1.165) is 25.7 Å². The van der Waals surface area contributed by atoms with Crippen molar-refractivity contribution in [1.82, 2.24) is 4.90 Å². The standard InChI is InChI=1S/C16H20ClNO2/c17-14-7-2-1-6-13(14)15(19)18-10-9-16(20)8-4-3-5-12(16)11-18/h1-2,6-7,12,20H,3-5,8-11H2/t12-,16-/m0/s1. The molecule has 4 heteroatoms. The number of benzene rings is 1. The number of amides is 1. The van der Waals surface area contributed by atoms with Gasteiger partial charge in [0, 0.05) is 19.0 Å². The summed E-state index contributed by atoms with van der Waals surface area (Å²) in [5.41, 5.74) is 0.0191. The highest BCUT2D eigenvalue weighted by molar-refractivity contribution is 6.33. The number of halogens is 1. The summed E-state index contributed by atoms with van der Waals surface area (Å²) >= 11 is 6.11. The van der Waals surface area contributed by atoms with Crippen molar-refractivity contribution in [3.05, 3.63) is 34.9 Å². The van der Waals surface area contributed by atoms with Crippen LogP contribution in [0.5, 0.6) is 0 Å². The van der Waals surface area contributed by atoms with Gasteiger partial charge in [0.2, 0.25) is 0 Å². The molecule has 2 aliphatic rings. The van der Waals surface area contributed by atoms with Crippen molar-refractivity contribution < 1.29 is 9.90 Å². The third kappa shape index (κ3) is 2.45. The van der Waals surface area contributed by atoms with E-state index in [2.05, 4.69) is 0 Å². The molecule has 1 aliphatic heterocycles. The Hall–Kier alpha value is -1.06. The summed E-state index contributed by atoms with van der Waals surface area (Å²) in [5, 5.41) is 11.2. The van der Waals surface area contributed by atoms with Crippen molar-refractivity contribution in [3.8, 4) is 0 Å². The van der Waals surface area contributed by atoms with Crippen LogP contribution >= 0.6 is 11.6 Å². The number of fused-ring (bicyclic) bond motifs is 1. The minimum Gasteiger partial charge on any atom is -0.389 e. The topological polar surface area (TPSA) is 40.5 Å². The van der Waals surface area contributed by atoms with Gasteiger partial charge >= 0.3 is 0 Å². The molecule has 0 bridgehead atoms. The van der Waals surface area contributed by atoms with Gasteiger partial charge < -0.3 is 10.0 Å². The lowest BCUT2D eigenvalue weighted by Gasteiger charge is -2.47. The molecule has 0 spiro atoms. The Labute approximate surface area is 124 Å². The predicted molar refractivity (Wildman–Crippen MR) is 78.9 cm³/mol. The normalized spacial score (nSPS) is 29.9. The van der Waals surface area contributed by atoms with Gasteiger partial charge in [-0.05, 0) is 31.4 Å². The van der Waals surface area contributed by atoms with Gasteiger partial charge in [0.15, 0.2) is 0 Å². The van der Waals surface area contributed by atoms with E-state index in [1.807, 2.05) is 17.0 Å². The van der Waals surface area contributed by atoms with E-state index >= 15 is 0 Å². The highest BCUT2D eigenvalue weighted by atomic mass is 35.5. The van der Waals surface area contributed by atoms with Crippen LogP contribution in [-0.2, 0) is 0 Å². The van der Waals surface area contributed by atoms with Gasteiger partial charge in [-0.25, -0.2) is 0 Å². The van der Waals surface area contributed by atoms with E-state index in [9.17, 15) is 9.90 Å². The second kappa shape index (κ2) is 5.38. The number of hydrogen-bond acceptors (Lipinski definition) is 2. The van der Waals surface area contributed by atoms with Crippen molar-refractivity contribution in [2.45, 2.75) is 37.7 Å². The summed E-state index contributed by atoms with van der Waals surface area (Å²) in [6, 6.07) is 7.18. The van der Waals surface area contributed by atoms with Crippen LogP contribution < -0.4 is 0 Å². The van der Waals surface area contributed by atoms with Crippen LogP contribution in [0.2, 0.25) is 5.02 Å². The molecule has 2 fully saturated rings. The number of aliphatic hydroxyl groups is 1. The molecular formula is C16H20ClNO2. The molecule has 1 aromatic carbocycles. The fourth-order valence-electron chi connectivity index (χ4n) is 3.56. The van der Waals surface area contributed by atoms with Crippen LogP contribution in [-0.4, -0.2) is 34.6 Å². The highest BCUT2D eigenvalue weighted by Crippen LogP contribution is 2.40. The van der Waals surface area contributed by atoms with Gasteiger partial charge in [0.25, 0.3) is 5.91 Å². The SMILES string of the molecule is O=C(c1ccccc1Cl)N1CC[C@@]2(O)CCCC[C@H]2C1. The predicted octanol–water partition coefficient (Wildman–Crippen LogP) is 3.11. The second-order valence-corrected chi connectivity index (χ2v) is 6.43. The van der Waals surface area contributed by atoms with Gasteiger partial charge in [0.1, 0.15) is 0 Å². The smallest absolute Gasteiger partial charge is 0.255 e. The zero-order chi connectivity index (χ0) is 14.2. The summed E-state index contributed by atoms with van der Waals surface area (Å²) in [6.07, 6.45) is 4.84. The number of likely N-dealkylation sites (tertiary alicyclic amines) is 1. The average molecular weight is 294 g/mol. The van der Waals surface area contributed by atoms with E-state index < -0.39 is 5.60 Å². The number of hydrogen-bond donors (Lipinski definition) is 1. The van der Waals surface area contributed by atoms with Crippen molar-refractivity contribution in [3.63, 3.8) is 0 Å². The third-order valence-corrected chi connectivity index (χ3v) is 5.15. The quantitative estimate of drug-likeness (QED) is 0.864. The molecule has 1 N–H and O–H groups in total. The highest BCUT2D eigenvalue weighted by Gasteiger charge is 2.43. The Balaban J connectivity index is 1.76. The maximum atomic E-state index is 12.6. The molecule has 1 saturated carbocycles. The summed E-state index contributed by atoms with van der Waals surface area (Å²) in [4.78, 5) is 14.4. The van der Waals surface area contributed by atoms with Crippen molar-refractivity contribution in [2.24, 2.45) is 5.92 Å². The Kier molecular flexibility index (Phi) is 3.74. The van der Waals surface area contributed by atoms with E-state index in [-0.39, 0.29) is 11.8 Å². The minimum atomic E-state index is -0.546. The maximum Gasteiger partial charge on any atom is 0.255 e. The van der Waals surface area contributed by atoms with Crippen LogP contribution in [0.15, 0.2) is 24.3 Å². The van der Waals surface area contributed by atoms with Crippen LogP contribution in [0.3, 0.4) is 0 Å². The van der Waals surface area contributed by atoms with Crippen molar-refractivity contribution in [2.75, 3.05) is 13.1 Å². The van der Waals surface area contributed by atoms with Gasteiger partial charge in [-0.2, -0.15) is 0 Å². The minimum absolute atomic E-state index is 0.0109. The van der Waals surface area contributed by atoms with Crippen LogP contribution in [0.1, 0.15) is 42.5 Å². The van der Waals surface area contributed by atoms with Crippen LogP contribution in [0.25, 0.3) is 0 Å². The molecule has 1 saturated heterocycles. The monoisotopic (exact) mass is 293 g/mol. The molecule has 0 radical (unpaired) electrons. The molecule has 1 aromatic rings. The molecule has 3 rings (SSSR count). The number of carbonyl (C=O) groups is 1. The zero-order valence-electron chi connectivity index (χ0n) is 11.5. The molecule has 2 atom stereocenters. The number of nitrogens with zero attached hydrogens (tertiary/aromatic N) is 1. The third-order valence-electron chi connectivity index (χ3n) is 4.82. The second-order valence-electron chi connectivity index (χ2n) is 6.03. The first-order valence-electron chi connectivity index (χ1n) is 7.36. The number of carbonyl (C=O) groups excluding carboxylic acids is 1. The van der Waals surface area contributed by atoms with E-state index in [4.69, 9.17) is 11.6 Å². The molecule has 1 amide bonds. The Morgan fingerprint density at radius 2 is 2.10 bits per heavy atom. The Bertz CT molecular complexity index is 519. The summed E-state index contributed by atoms with van der Waals surface area (Å²) in [6.45, 7) is 1.28. The van der Waals surface area contributed by atoms with Crippen molar-refractivity contribution in [1.29, 1.82) is 0 Å². The fraction of sp³-hybridized carbons (Fsp3) is 0.562. The van der Waals surface area contributed by atoms with Crippen molar-refractivity contribution >= 4 is 17.5 Å². The fourth-order valence-corrected chi connectivity index (χ4v) is 3.78. The van der Waals surface area contributed by atoms with Gasteiger partial charge in [-0.15, -0.1) is 0 Å². The molecule has 1 heterocycles. The van der Waals surface area contributed by atoms with E-state index in [0.29, 0.717) is 30.1 Å². The summed E-state index contributed by atoms with van der Waals surface area (Å²) in [7, 11) is 0. The summed E-state index contributed by atoms with van der Waals surface area (Å²) < 4.78 is 0. The van der Waals surface area contributed by atoms with E-state index in [1.165, 1.54) is 0 Å². The largest absolute Gasteiger partial charge is 0.389 e. The van der Waals surface area contributed by atoms with Gasteiger partial charge in [-0.1, -0.05) is 36.6 Å².